The van der Waals surface area contributed by atoms with Crippen LogP contribution in [0.15, 0.2) is 30.6 Å². The number of nitrogens with zero attached hydrogens (tertiary/aromatic N) is 4. The summed E-state index contributed by atoms with van der Waals surface area (Å²) in [6.45, 7) is 8.97. The topological polar surface area (TPSA) is 63.1 Å². The van der Waals surface area contributed by atoms with Crippen LogP contribution in [0.5, 0.6) is 0 Å². The molecule has 6 nitrogen and oxygen atoms in total. The van der Waals surface area contributed by atoms with Gasteiger partial charge in [-0.25, -0.2) is 9.78 Å². The predicted octanol–water partition coefficient (Wildman–Crippen LogP) is 3.02. The number of aryl methyl sites for hydroxylation is 1. The van der Waals surface area contributed by atoms with Gasteiger partial charge >= 0.3 is 6.03 Å². The average Bonchev–Trinajstić information content (AvgIpc) is 2.91. The fourth-order valence-corrected chi connectivity index (χ4v) is 2.40. The molecule has 0 aliphatic carbocycles. The lowest BCUT2D eigenvalue weighted by molar-refractivity contribution is 0.202. The number of rotatable bonds is 4. The van der Waals surface area contributed by atoms with Gasteiger partial charge in [-0.1, -0.05) is 45.0 Å². The van der Waals surface area contributed by atoms with Crippen molar-refractivity contribution in [2.45, 2.75) is 45.7 Å². The van der Waals surface area contributed by atoms with Crippen LogP contribution in [-0.2, 0) is 19.0 Å². The summed E-state index contributed by atoms with van der Waals surface area (Å²) in [5.74, 6) is 0.745. The Morgan fingerprint density at radius 2 is 1.92 bits per heavy atom. The van der Waals surface area contributed by atoms with Crippen LogP contribution in [0.2, 0.25) is 0 Å². The third-order valence-corrected chi connectivity index (χ3v) is 4.15. The van der Waals surface area contributed by atoms with Crippen LogP contribution in [0.3, 0.4) is 0 Å². The first-order valence-corrected chi connectivity index (χ1v) is 8.13. The number of carbonyl (C=O) groups excluding carboxylic acids is 1. The van der Waals surface area contributed by atoms with E-state index in [1.165, 1.54) is 11.9 Å². The van der Waals surface area contributed by atoms with Crippen molar-refractivity contribution in [2.75, 3.05) is 7.05 Å². The zero-order valence-electron chi connectivity index (χ0n) is 15.4. The van der Waals surface area contributed by atoms with E-state index in [0.717, 1.165) is 11.4 Å². The second-order valence-corrected chi connectivity index (χ2v) is 7.20. The van der Waals surface area contributed by atoms with Gasteiger partial charge in [0.2, 0.25) is 0 Å². The molecule has 1 heterocycles. The Morgan fingerprint density at radius 3 is 2.42 bits per heavy atom. The van der Waals surface area contributed by atoms with E-state index in [1.807, 2.05) is 14.0 Å². The summed E-state index contributed by atoms with van der Waals surface area (Å²) in [4.78, 5) is 18.1. The molecule has 1 aromatic heterocycles. The largest absolute Gasteiger partial charge is 0.331 e. The maximum Gasteiger partial charge on any atom is 0.318 e. The molecule has 130 valence electrons. The number of aromatic nitrogens is 3. The number of nitrogens with one attached hydrogen (secondary N) is 1. The quantitative estimate of drug-likeness (QED) is 0.938. The normalized spacial score (nSPS) is 12.8. The van der Waals surface area contributed by atoms with Crippen LogP contribution < -0.4 is 5.32 Å². The maximum absolute atomic E-state index is 12.3. The van der Waals surface area contributed by atoms with Crippen LogP contribution in [0.25, 0.3) is 0 Å². The SMILES string of the molecule is C[C@@H](NC(=O)N(C)Cc1ncnn1C)c1ccc(C(C)(C)C)cc1. The highest BCUT2D eigenvalue weighted by atomic mass is 16.2. The Balaban J connectivity index is 1.97. The molecule has 0 unspecified atom stereocenters. The molecule has 0 radical (unpaired) electrons. The average molecular weight is 329 g/mol. The highest BCUT2D eigenvalue weighted by Gasteiger charge is 2.17. The predicted molar refractivity (Wildman–Crippen MR) is 94.6 cm³/mol. The molecule has 1 aromatic carbocycles. The highest BCUT2D eigenvalue weighted by molar-refractivity contribution is 5.74. The molecule has 0 saturated carbocycles. The maximum atomic E-state index is 12.3. The number of hydrogen-bond acceptors (Lipinski definition) is 3. The van der Waals surface area contributed by atoms with Gasteiger partial charge in [-0.05, 0) is 23.5 Å². The Morgan fingerprint density at radius 1 is 1.29 bits per heavy atom. The van der Waals surface area contributed by atoms with Crippen molar-refractivity contribution in [1.29, 1.82) is 0 Å². The molecule has 0 aliphatic rings. The molecule has 2 aromatic rings. The van der Waals surface area contributed by atoms with E-state index < -0.39 is 0 Å². The van der Waals surface area contributed by atoms with Gasteiger partial charge in [-0.3, -0.25) is 4.68 Å². The lowest BCUT2D eigenvalue weighted by Crippen LogP contribution is -2.38. The Bertz CT molecular complexity index is 684. The zero-order chi connectivity index (χ0) is 17.9. The molecule has 2 rings (SSSR count). The van der Waals surface area contributed by atoms with Crippen molar-refractivity contribution in [2.24, 2.45) is 7.05 Å². The van der Waals surface area contributed by atoms with Gasteiger partial charge in [-0.2, -0.15) is 5.10 Å². The Labute approximate surface area is 143 Å². The summed E-state index contributed by atoms with van der Waals surface area (Å²) >= 11 is 0. The third kappa shape index (κ3) is 4.34. The van der Waals surface area contributed by atoms with Crippen LogP contribution in [0.1, 0.15) is 50.7 Å². The fraction of sp³-hybridized carbons (Fsp3) is 0.500. The minimum atomic E-state index is -0.134. The molecule has 0 spiro atoms. The zero-order valence-corrected chi connectivity index (χ0v) is 15.4. The van der Waals surface area contributed by atoms with E-state index in [0.29, 0.717) is 6.54 Å². The number of amides is 2. The molecular formula is C18H27N5O. The lowest BCUT2D eigenvalue weighted by atomic mass is 9.86. The van der Waals surface area contributed by atoms with Crippen molar-refractivity contribution in [3.05, 3.63) is 47.5 Å². The molecule has 2 amide bonds. The summed E-state index contributed by atoms with van der Waals surface area (Å²) < 4.78 is 1.67. The minimum Gasteiger partial charge on any atom is -0.331 e. The van der Waals surface area contributed by atoms with E-state index in [1.54, 1.807) is 16.6 Å². The van der Waals surface area contributed by atoms with Crippen LogP contribution >= 0.6 is 0 Å². The highest BCUT2D eigenvalue weighted by Crippen LogP contribution is 2.23. The molecule has 0 saturated heterocycles. The number of hydrogen-bond donors (Lipinski definition) is 1. The first-order valence-electron chi connectivity index (χ1n) is 8.13. The fourth-order valence-electron chi connectivity index (χ4n) is 2.40. The summed E-state index contributed by atoms with van der Waals surface area (Å²) in [5.41, 5.74) is 2.49. The molecule has 0 fully saturated rings. The molecular weight excluding hydrogens is 302 g/mol. The second-order valence-electron chi connectivity index (χ2n) is 7.20. The summed E-state index contributed by atoms with van der Waals surface area (Å²) in [5, 5.41) is 7.03. The first kappa shape index (κ1) is 18.0. The van der Waals surface area contributed by atoms with E-state index >= 15 is 0 Å². The molecule has 6 heteroatoms. The van der Waals surface area contributed by atoms with Crippen molar-refractivity contribution in [3.63, 3.8) is 0 Å². The Kier molecular flexibility index (Phi) is 5.26. The molecule has 24 heavy (non-hydrogen) atoms. The summed E-state index contributed by atoms with van der Waals surface area (Å²) in [6.07, 6.45) is 1.49. The monoisotopic (exact) mass is 329 g/mol. The van der Waals surface area contributed by atoms with Crippen molar-refractivity contribution >= 4 is 6.03 Å². The first-order chi connectivity index (χ1) is 11.2. The van der Waals surface area contributed by atoms with Crippen molar-refractivity contribution in [3.8, 4) is 0 Å². The number of benzene rings is 1. The number of urea groups is 1. The molecule has 1 atom stereocenters. The second kappa shape index (κ2) is 7.03. The lowest BCUT2D eigenvalue weighted by Gasteiger charge is -2.23. The van der Waals surface area contributed by atoms with Gasteiger partial charge in [0.05, 0.1) is 12.6 Å². The van der Waals surface area contributed by atoms with Crippen LogP contribution in [-0.4, -0.2) is 32.7 Å². The van der Waals surface area contributed by atoms with Crippen LogP contribution in [0, 0.1) is 0 Å². The van der Waals surface area contributed by atoms with E-state index in [2.05, 4.69) is 60.4 Å². The molecule has 1 N–H and O–H groups in total. The van der Waals surface area contributed by atoms with Gasteiger partial charge in [0.1, 0.15) is 12.2 Å². The van der Waals surface area contributed by atoms with Gasteiger partial charge < -0.3 is 10.2 Å². The Hall–Kier alpha value is -2.37. The molecule has 0 bridgehead atoms. The van der Waals surface area contributed by atoms with E-state index in [-0.39, 0.29) is 17.5 Å². The summed E-state index contributed by atoms with van der Waals surface area (Å²) in [6, 6.07) is 8.21. The number of carbonyl (C=O) groups is 1. The third-order valence-electron chi connectivity index (χ3n) is 4.15. The van der Waals surface area contributed by atoms with Crippen LogP contribution in [0.4, 0.5) is 4.79 Å². The molecule has 0 aliphatic heterocycles. The van der Waals surface area contributed by atoms with Gasteiger partial charge in [0.15, 0.2) is 0 Å². The van der Waals surface area contributed by atoms with Gasteiger partial charge in [0, 0.05) is 14.1 Å². The summed E-state index contributed by atoms with van der Waals surface area (Å²) in [7, 11) is 3.56. The smallest absolute Gasteiger partial charge is 0.318 e. The van der Waals surface area contributed by atoms with Gasteiger partial charge in [-0.15, -0.1) is 0 Å². The standard InChI is InChI=1S/C18H27N5O/c1-13(14-7-9-15(10-8-14)18(2,3)4)21-17(24)22(5)11-16-19-12-20-23(16)6/h7-10,12-13H,11H2,1-6H3,(H,21,24)/t13-/m1/s1. The van der Waals surface area contributed by atoms with Crippen molar-refractivity contribution in [1.82, 2.24) is 25.0 Å². The van der Waals surface area contributed by atoms with E-state index in [4.69, 9.17) is 0 Å². The van der Waals surface area contributed by atoms with E-state index in [9.17, 15) is 4.79 Å². The minimum absolute atomic E-state index is 0.0616. The van der Waals surface area contributed by atoms with Crippen molar-refractivity contribution < 1.29 is 4.79 Å². The van der Waals surface area contributed by atoms with Gasteiger partial charge in [0.25, 0.3) is 0 Å².